The molecule has 0 atom stereocenters. The van der Waals surface area contributed by atoms with Crippen molar-refractivity contribution < 1.29 is 4.52 Å². The topological polar surface area (TPSA) is 51.0 Å². The van der Waals surface area contributed by atoms with Crippen LogP contribution in [0.1, 0.15) is 19.7 Å². The molecule has 0 aliphatic heterocycles. The Bertz CT molecular complexity index is 530. The summed E-state index contributed by atoms with van der Waals surface area (Å²) in [5.41, 5.74) is 0. The summed E-state index contributed by atoms with van der Waals surface area (Å²) < 4.78 is 6.21. The van der Waals surface area contributed by atoms with E-state index in [9.17, 15) is 0 Å². The lowest BCUT2D eigenvalue weighted by atomic mass is 10.2. The molecule has 102 valence electrons. The first-order valence-electron chi connectivity index (χ1n) is 6.08. The molecule has 2 rings (SSSR count). The highest BCUT2D eigenvalue weighted by Crippen LogP contribution is 2.24. The quantitative estimate of drug-likeness (QED) is 0.798. The molecule has 0 amide bonds. The van der Waals surface area contributed by atoms with E-state index >= 15 is 0 Å². The SMILES string of the molecule is CC(C)CNc1nc(CSc2cccc(Br)c2)no1. The molecular weight excluding hydrogens is 326 g/mol. The highest BCUT2D eigenvalue weighted by Gasteiger charge is 2.07. The third-order valence-corrected chi connectivity index (χ3v) is 3.78. The first-order chi connectivity index (χ1) is 9.13. The number of nitrogens with one attached hydrogen (secondary N) is 1. The molecule has 1 aromatic carbocycles. The van der Waals surface area contributed by atoms with Gasteiger partial charge in [-0.3, -0.25) is 0 Å². The van der Waals surface area contributed by atoms with Crippen LogP contribution >= 0.6 is 27.7 Å². The Morgan fingerprint density at radius 1 is 1.42 bits per heavy atom. The van der Waals surface area contributed by atoms with Crippen molar-refractivity contribution in [3.63, 3.8) is 0 Å². The summed E-state index contributed by atoms with van der Waals surface area (Å²) in [5, 5.41) is 7.07. The second-order valence-electron chi connectivity index (χ2n) is 4.54. The lowest BCUT2D eigenvalue weighted by molar-refractivity contribution is 0.423. The van der Waals surface area contributed by atoms with Gasteiger partial charge >= 0.3 is 6.01 Å². The minimum Gasteiger partial charge on any atom is -0.337 e. The van der Waals surface area contributed by atoms with Crippen molar-refractivity contribution in [2.45, 2.75) is 24.5 Å². The molecule has 0 aliphatic rings. The van der Waals surface area contributed by atoms with Crippen LogP contribution in [-0.2, 0) is 5.75 Å². The summed E-state index contributed by atoms with van der Waals surface area (Å²) in [4.78, 5) is 5.47. The van der Waals surface area contributed by atoms with E-state index in [0.717, 1.165) is 11.0 Å². The second kappa shape index (κ2) is 6.96. The van der Waals surface area contributed by atoms with Crippen LogP contribution in [-0.4, -0.2) is 16.7 Å². The molecule has 0 aliphatic carbocycles. The maximum atomic E-state index is 5.13. The van der Waals surface area contributed by atoms with Crippen LogP contribution in [0.2, 0.25) is 0 Å². The van der Waals surface area contributed by atoms with Gasteiger partial charge in [-0.25, -0.2) is 0 Å². The highest BCUT2D eigenvalue weighted by molar-refractivity contribution is 9.10. The Kier molecular flexibility index (Phi) is 5.27. The Hall–Kier alpha value is -1.01. The van der Waals surface area contributed by atoms with Gasteiger partial charge in [0.05, 0.1) is 5.75 Å². The minimum atomic E-state index is 0.499. The zero-order valence-corrected chi connectivity index (χ0v) is 13.3. The first kappa shape index (κ1) is 14.4. The normalized spacial score (nSPS) is 10.9. The summed E-state index contributed by atoms with van der Waals surface area (Å²) in [7, 11) is 0. The van der Waals surface area contributed by atoms with Crippen molar-refractivity contribution in [1.29, 1.82) is 0 Å². The largest absolute Gasteiger partial charge is 0.337 e. The van der Waals surface area contributed by atoms with Gasteiger partial charge < -0.3 is 9.84 Å². The predicted molar refractivity (Wildman–Crippen MR) is 81.3 cm³/mol. The van der Waals surface area contributed by atoms with E-state index in [0.29, 0.717) is 23.5 Å². The molecule has 0 spiro atoms. The van der Waals surface area contributed by atoms with Crippen molar-refractivity contribution in [1.82, 2.24) is 10.1 Å². The van der Waals surface area contributed by atoms with Gasteiger partial charge in [0.2, 0.25) is 0 Å². The molecule has 1 aromatic heterocycles. The molecule has 1 N–H and O–H groups in total. The van der Waals surface area contributed by atoms with E-state index < -0.39 is 0 Å². The Morgan fingerprint density at radius 2 is 2.26 bits per heavy atom. The van der Waals surface area contributed by atoms with E-state index in [4.69, 9.17) is 4.52 Å². The molecule has 19 heavy (non-hydrogen) atoms. The average molecular weight is 342 g/mol. The molecule has 0 unspecified atom stereocenters. The van der Waals surface area contributed by atoms with Crippen LogP contribution in [0.4, 0.5) is 6.01 Å². The minimum absolute atomic E-state index is 0.499. The van der Waals surface area contributed by atoms with Crippen LogP contribution in [0.3, 0.4) is 0 Å². The Balaban J connectivity index is 1.86. The maximum Gasteiger partial charge on any atom is 0.321 e. The maximum absolute atomic E-state index is 5.13. The van der Waals surface area contributed by atoms with Crippen molar-refractivity contribution in [3.8, 4) is 0 Å². The fourth-order valence-corrected chi connectivity index (χ4v) is 2.73. The predicted octanol–water partition coefficient (Wildman–Crippen LogP) is 4.19. The summed E-state index contributed by atoms with van der Waals surface area (Å²) in [6, 6.07) is 8.65. The third kappa shape index (κ3) is 4.87. The number of halogens is 1. The van der Waals surface area contributed by atoms with Crippen molar-refractivity contribution in [2.24, 2.45) is 5.92 Å². The molecular formula is C13H16BrN3OS. The zero-order valence-electron chi connectivity index (χ0n) is 10.9. The van der Waals surface area contributed by atoms with E-state index in [1.165, 1.54) is 4.90 Å². The monoisotopic (exact) mass is 341 g/mol. The van der Waals surface area contributed by atoms with Crippen molar-refractivity contribution >= 4 is 33.7 Å². The second-order valence-corrected chi connectivity index (χ2v) is 6.50. The van der Waals surface area contributed by atoms with Gasteiger partial charge in [-0.05, 0) is 24.1 Å². The molecule has 1 heterocycles. The number of nitrogens with zero attached hydrogens (tertiary/aromatic N) is 2. The number of aromatic nitrogens is 2. The van der Waals surface area contributed by atoms with Crippen LogP contribution < -0.4 is 5.32 Å². The molecule has 0 fully saturated rings. The number of anilines is 1. The van der Waals surface area contributed by atoms with Crippen LogP contribution in [0.25, 0.3) is 0 Å². The lowest BCUT2D eigenvalue weighted by Crippen LogP contribution is -2.07. The first-order valence-corrected chi connectivity index (χ1v) is 7.86. The molecule has 0 saturated carbocycles. The standard InChI is InChI=1S/C13H16BrN3OS/c1-9(2)7-15-13-16-12(17-18-13)8-19-11-5-3-4-10(14)6-11/h3-6,9H,7-8H2,1-2H3,(H,15,16,17). The van der Waals surface area contributed by atoms with Crippen molar-refractivity contribution in [3.05, 3.63) is 34.6 Å². The molecule has 4 nitrogen and oxygen atoms in total. The van der Waals surface area contributed by atoms with Crippen LogP contribution in [0.5, 0.6) is 0 Å². The number of thioether (sulfide) groups is 1. The summed E-state index contributed by atoms with van der Waals surface area (Å²) >= 11 is 5.14. The molecule has 0 saturated heterocycles. The fraction of sp³-hybridized carbons (Fsp3) is 0.385. The number of rotatable bonds is 6. The molecule has 6 heteroatoms. The molecule has 2 aromatic rings. The smallest absolute Gasteiger partial charge is 0.321 e. The van der Waals surface area contributed by atoms with Gasteiger partial charge in [0.25, 0.3) is 0 Å². The number of benzene rings is 1. The van der Waals surface area contributed by atoms with Gasteiger partial charge in [0.15, 0.2) is 5.82 Å². The summed E-state index contributed by atoms with van der Waals surface area (Å²) in [6.45, 7) is 5.10. The average Bonchev–Trinajstić information content (AvgIpc) is 2.82. The van der Waals surface area contributed by atoms with Crippen LogP contribution in [0, 0.1) is 5.92 Å². The third-order valence-electron chi connectivity index (χ3n) is 2.29. The number of hydrogen-bond acceptors (Lipinski definition) is 5. The van der Waals surface area contributed by atoms with Gasteiger partial charge in [-0.2, -0.15) is 4.98 Å². The van der Waals surface area contributed by atoms with E-state index in [2.05, 4.69) is 57.4 Å². The van der Waals surface area contributed by atoms with E-state index in [1.54, 1.807) is 11.8 Å². The zero-order chi connectivity index (χ0) is 13.7. The summed E-state index contributed by atoms with van der Waals surface area (Å²) in [5.74, 6) is 1.95. The number of hydrogen-bond donors (Lipinski definition) is 1. The fourth-order valence-electron chi connectivity index (χ4n) is 1.38. The van der Waals surface area contributed by atoms with Gasteiger partial charge in [0.1, 0.15) is 0 Å². The highest BCUT2D eigenvalue weighted by atomic mass is 79.9. The molecule has 0 radical (unpaired) electrons. The molecule has 0 bridgehead atoms. The van der Waals surface area contributed by atoms with E-state index in [-0.39, 0.29) is 0 Å². The van der Waals surface area contributed by atoms with E-state index in [1.807, 2.05) is 12.1 Å². The van der Waals surface area contributed by atoms with Crippen molar-refractivity contribution in [2.75, 3.05) is 11.9 Å². The van der Waals surface area contributed by atoms with Crippen LogP contribution in [0.15, 0.2) is 38.2 Å². The van der Waals surface area contributed by atoms with Gasteiger partial charge in [0, 0.05) is 15.9 Å². The summed E-state index contributed by atoms with van der Waals surface area (Å²) in [6.07, 6.45) is 0. The Labute approximate surface area is 125 Å². The van der Waals surface area contributed by atoms with Gasteiger partial charge in [-0.1, -0.05) is 41.0 Å². The van der Waals surface area contributed by atoms with Gasteiger partial charge in [-0.15, -0.1) is 11.8 Å². The Morgan fingerprint density at radius 3 is 3.00 bits per heavy atom. The lowest BCUT2D eigenvalue weighted by Gasteiger charge is -2.02.